The molecular formula is C18H20BrNO3. The highest BCUT2D eigenvalue weighted by Gasteiger charge is 2.16. The monoisotopic (exact) mass is 377 g/mol. The van der Waals surface area contributed by atoms with Gasteiger partial charge in [0, 0.05) is 11.3 Å². The number of aryl methyl sites for hydroxylation is 2. The number of hydrogen-bond acceptors (Lipinski definition) is 3. The molecule has 0 saturated heterocycles. The Labute approximate surface area is 144 Å². The first kappa shape index (κ1) is 17.3. The molecule has 0 spiro atoms. The standard InChI is InChI=1S/C18H20BrNO3/c1-5-23-17-14(19)9-13(10-16(17)22-4)18(21)20-15-7-6-11(2)8-12(15)3/h6-10H,5H2,1-4H3,(H,20,21). The van der Waals surface area contributed by atoms with Gasteiger partial charge in [-0.3, -0.25) is 4.79 Å². The van der Waals surface area contributed by atoms with Gasteiger partial charge in [-0.1, -0.05) is 17.7 Å². The molecule has 0 fully saturated rings. The molecule has 0 heterocycles. The van der Waals surface area contributed by atoms with E-state index in [0.29, 0.717) is 28.1 Å². The first-order valence-corrected chi connectivity index (χ1v) is 8.14. The molecule has 4 nitrogen and oxygen atoms in total. The van der Waals surface area contributed by atoms with Crippen molar-refractivity contribution in [1.82, 2.24) is 0 Å². The van der Waals surface area contributed by atoms with Crippen molar-refractivity contribution < 1.29 is 14.3 Å². The van der Waals surface area contributed by atoms with Gasteiger partial charge in [0.15, 0.2) is 11.5 Å². The van der Waals surface area contributed by atoms with Gasteiger partial charge in [0.25, 0.3) is 5.91 Å². The van der Waals surface area contributed by atoms with Gasteiger partial charge in [-0.2, -0.15) is 0 Å². The van der Waals surface area contributed by atoms with Gasteiger partial charge < -0.3 is 14.8 Å². The number of benzene rings is 2. The van der Waals surface area contributed by atoms with Crippen LogP contribution in [0.4, 0.5) is 5.69 Å². The predicted octanol–water partition coefficient (Wildman–Crippen LogP) is 4.73. The lowest BCUT2D eigenvalue weighted by Crippen LogP contribution is -2.13. The van der Waals surface area contributed by atoms with Crippen LogP contribution in [0.25, 0.3) is 0 Å². The van der Waals surface area contributed by atoms with Gasteiger partial charge in [-0.25, -0.2) is 0 Å². The number of rotatable bonds is 5. The normalized spacial score (nSPS) is 10.3. The number of methoxy groups -OCH3 is 1. The third-order valence-electron chi connectivity index (χ3n) is 3.41. The highest BCUT2D eigenvalue weighted by molar-refractivity contribution is 9.10. The minimum atomic E-state index is -0.195. The molecular weight excluding hydrogens is 358 g/mol. The van der Waals surface area contributed by atoms with Crippen LogP contribution < -0.4 is 14.8 Å². The summed E-state index contributed by atoms with van der Waals surface area (Å²) >= 11 is 3.43. The molecule has 0 radical (unpaired) electrons. The third-order valence-corrected chi connectivity index (χ3v) is 4.00. The zero-order valence-electron chi connectivity index (χ0n) is 13.7. The smallest absolute Gasteiger partial charge is 0.255 e. The molecule has 5 heteroatoms. The third kappa shape index (κ3) is 4.05. The number of halogens is 1. The molecule has 1 amide bonds. The van der Waals surface area contributed by atoms with Gasteiger partial charge in [-0.15, -0.1) is 0 Å². The molecule has 122 valence electrons. The maximum atomic E-state index is 12.5. The molecule has 0 unspecified atom stereocenters. The zero-order valence-corrected chi connectivity index (χ0v) is 15.3. The Balaban J connectivity index is 2.30. The zero-order chi connectivity index (χ0) is 17.0. The van der Waals surface area contributed by atoms with Crippen LogP contribution >= 0.6 is 15.9 Å². The summed E-state index contributed by atoms with van der Waals surface area (Å²) in [6, 6.07) is 9.31. The van der Waals surface area contributed by atoms with Crippen molar-refractivity contribution in [2.75, 3.05) is 19.0 Å². The van der Waals surface area contributed by atoms with Crippen LogP contribution in [0.1, 0.15) is 28.4 Å². The Hall–Kier alpha value is -2.01. The van der Waals surface area contributed by atoms with E-state index in [4.69, 9.17) is 9.47 Å². The van der Waals surface area contributed by atoms with Crippen molar-refractivity contribution >= 4 is 27.5 Å². The van der Waals surface area contributed by atoms with Crippen LogP contribution in [0, 0.1) is 13.8 Å². The SMILES string of the molecule is CCOc1c(Br)cc(C(=O)Nc2ccc(C)cc2C)cc1OC. The van der Waals surface area contributed by atoms with E-state index in [1.165, 1.54) is 0 Å². The summed E-state index contributed by atoms with van der Waals surface area (Å²) in [6.45, 7) is 6.40. The van der Waals surface area contributed by atoms with Crippen LogP contribution in [0.3, 0.4) is 0 Å². The van der Waals surface area contributed by atoms with Gasteiger partial charge >= 0.3 is 0 Å². The van der Waals surface area contributed by atoms with Crippen LogP contribution in [0.15, 0.2) is 34.8 Å². The molecule has 0 aliphatic rings. The second-order valence-corrected chi connectivity index (χ2v) is 6.05. The van der Waals surface area contributed by atoms with Gasteiger partial charge in [0.05, 0.1) is 18.2 Å². The van der Waals surface area contributed by atoms with E-state index in [1.54, 1.807) is 19.2 Å². The van der Waals surface area contributed by atoms with Crippen molar-refractivity contribution in [3.05, 3.63) is 51.5 Å². The summed E-state index contributed by atoms with van der Waals surface area (Å²) in [5.41, 5.74) is 3.48. The summed E-state index contributed by atoms with van der Waals surface area (Å²) in [5, 5.41) is 2.93. The van der Waals surface area contributed by atoms with Crippen LogP contribution in [-0.4, -0.2) is 19.6 Å². The predicted molar refractivity (Wildman–Crippen MR) is 95.7 cm³/mol. The van der Waals surface area contributed by atoms with Gasteiger partial charge in [-0.05, 0) is 60.5 Å². The molecule has 0 aliphatic heterocycles. The van der Waals surface area contributed by atoms with E-state index in [-0.39, 0.29) is 5.91 Å². The Kier molecular flexibility index (Phi) is 5.66. The molecule has 0 aromatic heterocycles. The average molecular weight is 378 g/mol. The Morgan fingerprint density at radius 3 is 2.57 bits per heavy atom. The molecule has 0 aliphatic carbocycles. The van der Waals surface area contributed by atoms with E-state index in [2.05, 4.69) is 21.2 Å². The number of amides is 1. The number of anilines is 1. The summed E-state index contributed by atoms with van der Waals surface area (Å²) < 4.78 is 11.5. The van der Waals surface area contributed by atoms with Crippen LogP contribution in [0.2, 0.25) is 0 Å². The van der Waals surface area contributed by atoms with E-state index in [0.717, 1.165) is 16.8 Å². The van der Waals surface area contributed by atoms with E-state index >= 15 is 0 Å². The second kappa shape index (κ2) is 7.51. The molecule has 23 heavy (non-hydrogen) atoms. The lowest BCUT2D eigenvalue weighted by molar-refractivity contribution is 0.102. The average Bonchev–Trinajstić information content (AvgIpc) is 2.51. The molecule has 0 atom stereocenters. The second-order valence-electron chi connectivity index (χ2n) is 5.19. The highest BCUT2D eigenvalue weighted by Crippen LogP contribution is 2.36. The fourth-order valence-electron chi connectivity index (χ4n) is 2.28. The lowest BCUT2D eigenvalue weighted by Gasteiger charge is -2.14. The number of ether oxygens (including phenoxy) is 2. The fourth-order valence-corrected chi connectivity index (χ4v) is 2.84. The lowest BCUT2D eigenvalue weighted by atomic mass is 10.1. The molecule has 0 saturated carbocycles. The van der Waals surface area contributed by atoms with Crippen LogP contribution in [-0.2, 0) is 0 Å². The van der Waals surface area contributed by atoms with Crippen LogP contribution in [0.5, 0.6) is 11.5 Å². The van der Waals surface area contributed by atoms with Crippen molar-refractivity contribution in [2.24, 2.45) is 0 Å². The minimum absolute atomic E-state index is 0.195. The number of hydrogen-bond donors (Lipinski definition) is 1. The number of carbonyl (C=O) groups excluding carboxylic acids is 1. The quantitative estimate of drug-likeness (QED) is 0.819. The topological polar surface area (TPSA) is 47.6 Å². The van der Waals surface area contributed by atoms with Gasteiger partial charge in [0.1, 0.15) is 0 Å². The first-order valence-electron chi connectivity index (χ1n) is 7.35. The Morgan fingerprint density at radius 2 is 1.96 bits per heavy atom. The number of carbonyl (C=O) groups is 1. The molecule has 2 rings (SSSR count). The van der Waals surface area contributed by atoms with E-state index in [1.807, 2.05) is 39.0 Å². The van der Waals surface area contributed by atoms with Crippen molar-refractivity contribution in [2.45, 2.75) is 20.8 Å². The summed E-state index contributed by atoms with van der Waals surface area (Å²) in [5.74, 6) is 0.920. The molecule has 0 bridgehead atoms. The maximum Gasteiger partial charge on any atom is 0.255 e. The molecule has 2 aromatic rings. The maximum absolute atomic E-state index is 12.5. The largest absolute Gasteiger partial charge is 0.493 e. The Morgan fingerprint density at radius 1 is 1.22 bits per heavy atom. The van der Waals surface area contributed by atoms with Crippen molar-refractivity contribution in [3.63, 3.8) is 0 Å². The summed E-state index contributed by atoms with van der Waals surface area (Å²) in [6.07, 6.45) is 0. The fraction of sp³-hybridized carbons (Fsp3) is 0.278. The van der Waals surface area contributed by atoms with Crippen molar-refractivity contribution in [3.8, 4) is 11.5 Å². The highest BCUT2D eigenvalue weighted by atomic mass is 79.9. The Bertz CT molecular complexity index is 728. The minimum Gasteiger partial charge on any atom is -0.493 e. The van der Waals surface area contributed by atoms with Gasteiger partial charge in [0.2, 0.25) is 0 Å². The van der Waals surface area contributed by atoms with E-state index < -0.39 is 0 Å². The first-order chi connectivity index (χ1) is 11.0. The molecule has 1 N–H and O–H groups in total. The number of nitrogens with one attached hydrogen (secondary N) is 1. The van der Waals surface area contributed by atoms with E-state index in [9.17, 15) is 4.79 Å². The van der Waals surface area contributed by atoms with Crippen molar-refractivity contribution in [1.29, 1.82) is 0 Å². The molecule has 2 aromatic carbocycles. The summed E-state index contributed by atoms with van der Waals surface area (Å²) in [4.78, 5) is 12.5. The summed E-state index contributed by atoms with van der Waals surface area (Å²) in [7, 11) is 1.55.